The highest BCUT2D eigenvalue weighted by molar-refractivity contribution is 5.98. The second-order valence-corrected chi connectivity index (χ2v) is 6.75. The summed E-state index contributed by atoms with van der Waals surface area (Å²) >= 11 is 0. The molecule has 2 heterocycles. The van der Waals surface area contributed by atoms with Crippen molar-refractivity contribution in [3.63, 3.8) is 0 Å². The Bertz CT molecular complexity index is 807. The van der Waals surface area contributed by atoms with Crippen molar-refractivity contribution in [2.24, 2.45) is 0 Å². The average Bonchev–Trinajstić information content (AvgIpc) is 2.63. The summed E-state index contributed by atoms with van der Waals surface area (Å²) in [6.07, 6.45) is 2.02. The van der Waals surface area contributed by atoms with Crippen molar-refractivity contribution in [2.45, 2.75) is 12.8 Å². The van der Waals surface area contributed by atoms with E-state index in [2.05, 4.69) is 11.0 Å². The van der Waals surface area contributed by atoms with Gasteiger partial charge in [-0.3, -0.25) is 4.79 Å². The fourth-order valence-electron chi connectivity index (χ4n) is 3.79. The van der Waals surface area contributed by atoms with Gasteiger partial charge in [-0.2, -0.15) is 0 Å². The molecule has 130 valence electrons. The molecule has 2 aromatic rings. The number of carbonyl (C=O) groups is 1. The summed E-state index contributed by atoms with van der Waals surface area (Å²) in [6, 6.07) is 12.9. The third-order valence-electron chi connectivity index (χ3n) is 5.13. The van der Waals surface area contributed by atoms with Crippen molar-refractivity contribution in [1.29, 1.82) is 0 Å². The zero-order valence-corrected chi connectivity index (χ0v) is 14.4. The number of carbonyl (C=O) groups excluding carboxylic acids is 1. The van der Waals surface area contributed by atoms with Crippen molar-refractivity contribution in [2.75, 3.05) is 47.9 Å². The third-order valence-corrected chi connectivity index (χ3v) is 5.13. The maximum atomic E-state index is 13.6. The number of aryl methyl sites for hydroxylation is 1. The number of anilines is 3. The SMILES string of the molecule is CN1CCN(CC(=O)N2CCCc3ccccc32)c2ccc(F)cc21. The predicted molar refractivity (Wildman–Crippen MR) is 99.0 cm³/mol. The molecular formula is C20H22FN3O. The molecule has 0 bridgehead atoms. The minimum absolute atomic E-state index is 0.104. The standard InChI is InChI=1S/C20H22FN3O/c1-22-11-12-23(18-9-8-16(21)13-19(18)22)14-20(25)24-10-4-6-15-5-2-3-7-17(15)24/h2-3,5,7-9,13H,4,6,10-12,14H2,1H3. The van der Waals surface area contributed by atoms with E-state index < -0.39 is 0 Å². The van der Waals surface area contributed by atoms with Gasteiger partial charge in [0.1, 0.15) is 5.82 Å². The van der Waals surface area contributed by atoms with Crippen LogP contribution in [0.4, 0.5) is 21.5 Å². The summed E-state index contributed by atoms with van der Waals surface area (Å²) in [5, 5.41) is 0. The van der Waals surface area contributed by atoms with Gasteiger partial charge >= 0.3 is 0 Å². The summed E-state index contributed by atoms with van der Waals surface area (Å²) in [4.78, 5) is 19.0. The summed E-state index contributed by atoms with van der Waals surface area (Å²) < 4.78 is 13.6. The van der Waals surface area contributed by atoms with Gasteiger partial charge in [-0.1, -0.05) is 18.2 Å². The second-order valence-electron chi connectivity index (χ2n) is 6.75. The van der Waals surface area contributed by atoms with Crippen LogP contribution in [-0.2, 0) is 11.2 Å². The molecule has 4 rings (SSSR count). The number of benzene rings is 2. The van der Waals surface area contributed by atoms with E-state index in [1.54, 1.807) is 12.1 Å². The summed E-state index contributed by atoms with van der Waals surface area (Å²) in [7, 11) is 1.96. The van der Waals surface area contributed by atoms with Gasteiger partial charge in [0.25, 0.3) is 0 Å². The molecule has 2 aliphatic heterocycles. The number of amides is 1. The van der Waals surface area contributed by atoms with E-state index in [-0.39, 0.29) is 11.7 Å². The quantitative estimate of drug-likeness (QED) is 0.841. The monoisotopic (exact) mass is 339 g/mol. The first kappa shape index (κ1) is 15.9. The molecule has 0 unspecified atom stereocenters. The summed E-state index contributed by atoms with van der Waals surface area (Å²) in [5.74, 6) is -0.143. The zero-order chi connectivity index (χ0) is 17.4. The second kappa shape index (κ2) is 6.39. The molecule has 0 aromatic heterocycles. The highest BCUT2D eigenvalue weighted by Gasteiger charge is 2.27. The molecule has 4 nitrogen and oxygen atoms in total. The van der Waals surface area contributed by atoms with Crippen molar-refractivity contribution < 1.29 is 9.18 Å². The molecule has 0 atom stereocenters. The lowest BCUT2D eigenvalue weighted by atomic mass is 10.0. The normalized spacial score (nSPS) is 16.5. The van der Waals surface area contributed by atoms with Crippen LogP contribution in [0.5, 0.6) is 0 Å². The molecule has 2 aromatic carbocycles. The minimum atomic E-state index is -0.247. The van der Waals surface area contributed by atoms with Crippen molar-refractivity contribution in [3.05, 3.63) is 53.8 Å². The van der Waals surface area contributed by atoms with Gasteiger partial charge < -0.3 is 14.7 Å². The first-order chi connectivity index (χ1) is 12.1. The van der Waals surface area contributed by atoms with E-state index in [0.717, 1.165) is 49.5 Å². The highest BCUT2D eigenvalue weighted by Crippen LogP contribution is 2.33. The Hall–Kier alpha value is -2.56. The number of para-hydroxylation sites is 1. The van der Waals surface area contributed by atoms with Gasteiger partial charge in [0, 0.05) is 32.4 Å². The third kappa shape index (κ3) is 2.95. The Labute approximate surface area is 147 Å². The van der Waals surface area contributed by atoms with Crippen LogP contribution < -0.4 is 14.7 Å². The summed E-state index contributed by atoms with van der Waals surface area (Å²) in [6.45, 7) is 2.62. The number of likely N-dealkylation sites (N-methyl/N-ethyl adjacent to an activating group) is 1. The molecular weight excluding hydrogens is 317 g/mol. The van der Waals surface area contributed by atoms with Gasteiger partial charge in [0.05, 0.1) is 17.9 Å². The highest BCUT2D eigenvalue weighted by atomic mass is 19.1. The first-order valence-electron chi connectivity index (χ1n) is 8.77. The van der Waals surface area contributed by atoms with Gasteiger partial charge in [0.2, 0.25) is 5.91 Å². The van der Waals surface area contributed by atoms with E-state index in [1.165, 1.54) is 11.6 Å². The van der Waals surface area contributed by atoms with Crippen LogP contribution in [0.1, 0.15) is 12.0 Å². The average molecular weight is 339 g/mol. The van der Waals surface area contributed by atoms with E-state index in [0.29, 0.717) is 6.54 Å². The maximum Gasteiger partial charge on any atom is 0.246 e. The minimum Gasteiger partial charge on any atom is -0.371 e. The molecule has 0 spiro atoms. The van der Waals surface area contributed by atoms with Crippen LogP contribution in [0, 0.1) is 5.82 Å². The van der Waals surface area contributed by atoms with E-state index in [1.807, 2.05) is 35.0 Å². The fraction of sp³-hybridized carbons (Fsp3) is 0.350. The molecule has 0 aliphatic carbocycles. The van der Waals surface area contributed by atoms with Crippen molar-refractivity contribution in [1.82, 2.24) is 0 Å². The smallest absolute Gasteiger partial charge is 0.246 e. The molecule has 0 saturated heterocycles. The van der Waals surface area contributed by atoms with E-state index in [9.17, 15) is 9.18 Å². The van der Waals surface area contributed by atoms with Gasteiger partial charge in [0.15, 0.2) is 0 Å². The molecule has 1 amide bonds. The molecule has 0 saturated carbocycles. The lowest BCUT2D eigenvalue weighted by Gasteiger charge is -2.38. The Morgan fingerprint density at radius 2 is 1.88 bits per heavy atom. The number of rotatable bonds is 2. The Kier molecular flexibility index (Phi) is 4.07. The van der Waals surface area contributed by atoms with Gasteiger partial charge in [-0.05, 0) is 42.7 Å². The van der Waals surface area contributed by atoms with Crippen LogP contribution in [0.3, 0.4) is 0 Å². The number of halogens is 1. The number of nitrogens with zero attached hydrogens (tertiary/aromatic N) is 3. The largest absolute Gasteiger partial charge is 0.371 e. The molecule has 0 N–H and O–H groups in total. The molecule has 5 heteroatoms. The zero-order valence-electron chi connectivity index (χ0n) is 14.4. The Morgan fingerprint density at radius 1 is 1.04 bits per heavy atom. The van der Waals surface area contributed by atoms with Gasteiger partial charge in [-0.25, -0.2) is 4.39 Å². The van der Waals surface area contributed by atoms with Gasteiger partial charge in [-0.15, -0.1) is 0 Å². The Morgan fingerprint density at radius 3 is 2.76 bits per heavy atom. The van der Waals surface area contributed by atoms with Crippen molar-refractivity contribution in [3.8, 4) is 0 Å². The number of hydrogen-bond acceptors (Lipinski definition) is 3. The van der Waals surface area contributed by atoms with E-state index in [4.69, 9.17) is 0 Å². The van der Waals surface area contributed by atoms with Crippen LogP contribution in [0.2, 0.25) is 0 Å². The summed E-state index contributed by atoms with van der Waals surface area (Å²) in [5.41, 5.74) is 4.04. The molecule has 0 radical (unpaired) electrons. The topological polar surface area (TPSA) is 26.8 Å². The lowest BCUT2D eigenvalue weighted by molar-refractivity contribution is -0.117. The van der Waals surface area contributed by atoms with E-state index >= 15 is 0 Å². The Balaban J connectivity index is 1.58. The van der Waals surface area contributed by atoms with Crippen LogP contribution >= 0.6 is 0 Å². The van der Waals surface area contributed by atoms with Crippen LogP contribution in [0.25, 0.3) is 0 Å². The van der Waals surface area contributed by atoms with Crippen LogP contribution in [0.15, 0.2) is 42.5 Å². The van der Waals surface area contributed by atoms with Crippen LogP contribution in [-0.4, -0.2) is 39.1 Å². The predicted octanol–water partition coefficient (Wildman–Crippen LogP) is 3.06. The molecule has 0 fully saturated rings. The first-order valence-corrected chi connectivity index (χ1v) is 8.77. The number of fused-ring (bicyclic) bond motifs is 2. The maximum absolute atomic E-state index is 13.6. The van der Waals surface area contributed by atoms with Crippen molar-refractivity contribution >= 4 is 23.0 Å². The number of hydrogen-bond donors (Lipinski definition) is 0. The molecule has 25 heavy (non-hydrogen) atoms. The lowest BCUT2D eigenvalue weighted by Crippen LogP contribution is -2.47. The molecule has 2 aliphatic rings. The fourth-order valence-corrected chi connectivity index (χ4v) is 3.79.